The fourth-order valence-electron chi connectivity index (χ4n) is 1.27. The lowest BCUT2D eigenvalue weighted by Crippen LogP contribution is -2.23. The van der Waals surface area contributed by atoms with Gasteiger partial charge >= 0.3 is 0 Å². The number of halogens is 1. The van der Waals surface area contributed by atoms with E-state index >= 15 is 0 Å². The molecule has 2 aromatic rings. The molecule has 4 nitrogen and oxygen atoms in total. The van der Waals surface area contributed by atoms with E-state index in [1.165, 1.54) is 22.3 Å². The molecule has 2 aromatic heterocycles. The maximum atomic E-state index is 11.9. The van der Waals surface area contributed by atoms with Crippen LogP contribution >= 0.6 is 27.3 Å². The van der Waals surface area contributed by atoms with E-state index in [1.807, 2.05) is 12.3 Å². The molecule has 2 heterocycles. The Labute approximate surface area is 117 Å². The highest BCUT2D eigenvalue weighted by atomic mass is 79.9. The number of hydrogen-bond donors (Lipinski definition) is 0. The summed E-state index contributed by atoms with van der Waals surface area (Å²) in [7, 11) is 1.70. The van der Waals surface area contributed by atoms with Crippen LogP contribution in [0.3, 0.4) is 0 Å². The molecule has 1 amide bonds. The van der Waals surface area contributed by atoms with Crippen molar-refractivity contribution in [3.63, 3.8) is 0 Å². The molecule has 2 rings (SSSR count). The number of carbonyl (C=O) groups is 1. The molecule has 0 aliphatic rings. The van der Waals surface area contributed by atoms with E-state index in [1.54, 1.807) is 25.3 Å². The van der Waals surface area contributed by atoms with Crippen LogP contribution in [0, 0.1) is 6.92 Å². The van der Waals surface area contributed by atoms with Crippen LogP contribution in [0.15, 0.2) is 32.7 Å². The topological polar surface area (TPSA) is 46.3 Å². The summed E-state index contributed by atoms with van der Waals surface area (Å²) in [5.41, 5.74) is 0.911. The monoisotopic (exact) mass is 326 g/mol. The van der Waals surface area contributed by atoms with Crippen LogP contribution in [0.4, 0.5) is 5.13 Å². The van der Waals surface area contributed by atoms with Gasteiger partial charge in [0.1, 0.15) is 5.76 Å². The molecule has 0 saturated carbocycles. The van der Waals surface area contributed by atoms with Crippen molar-refractivity contribution in [3.8, 4) is 0 Å². The second kappa shape index (κ2) is 5.49. The minimum Gasteiger partial charge on any atom is -0.450 e. The van der Waals surface area contributed by atoms with E-state index in [9.17, 15) is 4.79 Å². The van der Waals surface area contributed by atoms with Gasteiger partial charge in [0.15, 0.2) is 9.80 Å². The SMILES string of the molecule is Cc1csc(N(C)C(=O)C=Cc2ccc(Br)o2)n1. The van der Waals surface area contributed by atoms with Gasteiger partial charge in [-0.1, -0.05) is 0 Å². The standard InChI is InChI=1S/C12H11BrN2O2S/c1-8-7-18-12(14-8)15(2)11(16)6-4-9-3-5-10(13)17-9/h3-7H,1-2H3. The fourth-order valence-corrected chi connectivity index (χ4v) is 2.37. The predicted octanol–water partition coefficient (Wildman–Crippen LogP) is 3.48. The Bertz CT molecular complexity index is 588. The van der Waals surface area contributed by atoms with Crippen molar-refractivity contribution in [3.05, 3.63) is 39.7 Å². The highest BCUT2D eigenvalue weighted by molar-refractivity contribution is 9.10. The Balaban J connectivity index is 2.06. The highest BCUT2D eigenvalue weighted by Gasteiger charge is 2.11. The van der Waals surface area contributed by atoms with E-state index in [4.69, 9.17) is 4.42 Å². The Kier molecular flexibility index (Phi) is 3.98. The lowest BCUT2D eigenvalue weighted by atomic mass is 10.4. The first-order valence-electron chi connectivity index (χ1n) is 5.19. The van der Waals surface area contributed by atoms with Crippen molar-refractivity contribution in [2.45, 2.75) is 6.92 Å². The first-order valence-corrected chi connectivity index (χ1v) is 6.87. The number of carbonyl (C=O) groups excluding carboxylic acids is 1. The average Bonchev–Trinajstić information content (AvgIpc) is 2.94. The third-order valence-electron chi connectivity index (χ3n) is 2.21. The Morgan fingerprint density at radius 2 is 2.33 bits per heavy atom. The molecule has 0 spiro atoms. The molecule has 0 atom stereocenters. The smallest absolute Gasteiger partial charge is 0.252 e. The number of nitrogens with zero attached hydrogens (tertiary/aromatic N) is 2. The maximum Gasteiger partial charge on any atom is 0.252 e. The first-order chi connectivity index (χ1) is 8.56. The number of rotatable bonds is 3. The summed E-state index contributed by atoms with van der Waals surface area (Å²) < 4.78 is 5.91. The van der Waals surface area contributed by atoms with Crippen LogP contribution in [0.25, 0.3) is 6.08 Å². The Morgan fingerprint density at radius 3 is 2.89 bits per heavy atom. The van der Waals surface area contributed by atoms with Crippen LogP contribution in [0.5, 0.6) is 0 Å². The summed E-state index contributed by atoms with van der Waals surface area (Å²) in [5.74, 6) is 0.482. The molecule has 0 aromatic carbocycles. The molecule has 94 valence electrons. The molecule has 6 heteroatoms. The molecule has 0 aliphatic heterocycles. The van der Waals surface area contributed by atoms with E-state index in [0.29, 0.717) is 15.6 Å². The predicted molar refractivity (Wildman–Crippen MR) is 75.7 cm³/mol. The van der Waals surface area contributed by atoms with Crippen LogP contribution < -0.4 is 4.90 Å². The molecular weight excluding hydrogens is 316 g/mol. The van der Waals surface area contributed by atoms with Gasteiger partial charge < -0.3 is 4.42 Å². The number of aryl methyl sites for hydroxylation is 1. The van der Waals surface area contributed by atoms with E-state index in [0.717, 1.165) is 5.69 Å². The molecule has 0 aliphatic carbocycles. The van der Waals surface area contributed by atoms with Gasteiger partial charge in [-0.05, 0) is 41.1 Å². The number of amides is 1. The van der Waals surface area contributed by atoms with Gasteiger partial charge in [-0.25, -0.2) is 4.98 Å². The van der Waals surface area contributed by atoms with Gasteiger partial charge in [0.2, 0.25) is 0 Å². The summed E-state index contributed by atoms with van der Waals surface area (Å²) in [6.45, 7) is 1.90. The minimum absolute atomic E-state index is 0.142. The molecule has 18 heavy (non-hydrogen) atoms. The molecule has 0 N–H and O–H groups in total. The van der Waals surface area contributed by atoms with Crippen LogP contribution in [0.1, 0.15) is 11.5 Å². The summed E-state index contributed by atoms with van der Waals surface area (Å²) >= 11 is 4.64. The number of furan rings is 1. The summed E-state index contributed by atoms with van der Waals surface area (Å²) in [5, 5.41) is 2.59. The minimum atomic E-state index is -0.142. The van der Waals surface area contributed by atoms with Crippen molar-refractivity contribution in [2.24, 2.45) is 0 Å². The summed E-state index contributed by atoms with van der Waals surface area (Å²) in [4.78, 5) is 17.6. The van der Waals surface area contributed by atoms with Gasteiger partial charge in [-0.3, -0.25) is 9.69 Å². The van der Waals surface area contributed by atoms with Crippen LogP contribution in [-0.2, 0) is 4.79 Å². The van der Waals surface area contributed by atoms with Crippen LogP contribution in [-0.4, -0.2) is 17.9 Å². The summed E-state index contributed by atoms with van der Waals surface area (Å²) in [6.07, 6.45) is 3.09. The number of thiazole rings is 1. The van der Waals surface area contributed by atoms with E-state index < -0.39 is 0 Å². The molecule has 0 fully saturated rings. The summed E-state index contributed by atoms with van der Waals surface area (Å²) in [6, 6.07) is 3.56. The number of anilines is 1. The highest BCUT2D eigenvalue weighted by Crippen LogP contribution is 2.19. The van der Waals surface area contributed by atoms with Gasteiger partial charge in [0.05, 0.1) is 5.69 Å². The van der Waals surface area contributed by atoms with Crippen molar-refractivity contribution >= 4 is 44.4 Å². The van der Waals surface area contributed by atoms with Crippen molar-refractivity contribution in [1.29, 1.82) is 0 Å². The number of aromatic nitrogens is 1. The molecule has 0 saturated heterocycles. The third-order valence-corrected chi connectivity index (χ3v) is 3.67. The van der Waals surface area contributed by atoms with Gasteiger partial charge in [0.25, 0.3) is 5.91 Å². The largest absolute Gasteiger partial charge is 0.450 e. The Hall–Kier alpha value is -1.40. The Morgan fingerprint density at radius 1 is 1.56 bits per heavy atom. The second-order valence-corrected chi connectivity index (χ2v) is 5.26. The maximum absolute atomic E-state index is 11.9. The van der Waals surface area contributed by atoms with E-state index in [-0.39, 0.29) is 5.91 Å². The normalized spacial score (nSPS) is 11.1. The van der Waals surface area contributed by atoms with E-state index in [2.05, 4.69) is 20.9 Å². The van der Waals surface area contributed by atoms with Crippen molar-refractivity contribution < 1.29 is 9.21 Å². The van der Waals surface area contributed by atoms with Crippen molar-refractivity contribution in [2.75, 3.05) is 11.9 Å². The zero-order valence-electron chi connectivity index (χ0n) is 9.88. The lowest BCUT2D eigenvalue weighted by molar-refractivity contribution is -0.113. The van der Waals surface area contributed by atoms with Crippen LogP contribution in [0.2, 0.25) is 0 Å². The quantitative estimate of drug-likeness (QED) is 0.811. The molecule has 0 unspecified atom stereocenters. The second-order valence-electron chi connectivity index (χ2n) is 3.64. The average molecular weight is 327 g/mol. The van der Waals surface area contributed by atoms with Gasteiger partial charge in [-0.2, -0.15) is 0 Å². The zero-order valence-corrected chi connectivity index (χ0v) is 12.3. The van der Waals surface area contributed by atoms with Gasteiger partial charge in [0, 0.05) is 18.5 Å². The molecular formula is C12H11BrN2O2S. The van der Waals surface area contributed by atoms with Gasteiger partial charge in [-0.15, -0.1) is 11.3 Å². The number of hydrogen-bond acceptors (Lipinski definition) is 4. The molecule has 0 bridgehead atoms. The lowest BCUT2D eigenvalue weighted by Gasteiger charge is -2.10. The van der Waals surface area contributed by atoms with Crippen molar-refractivity contribution in [1.82, 2.24) is 4.98 Å². The molecule has 0 radical (unpaired) electrons. The number of likely N-dealkylation sites (N-methyl/N-ethyl adjacent to an activating group) is 1. The first kappa shape index (κ1) is 13.0. The third kappa shape index (κ3) is 3.08. The zero-order chi connectivity index (χ0) is 13.1. The fraction of sp³-hybridized carbons (Fsp3) is 0.167.